The van der Waals surface area contributed by atoms with Gasteiger partial charge >= 0.3 is 6.03 Å². The van der Waals surface area contributed by atoms with E-state index in [9.17, 15) is 9.59 Å². The number of carbonyl (C=O) groups excluding carboxylic acids is 2. The number of nitrogens with zero attached hydrogens (tertiary/aromatic N) is 4. The summed E-state index contributed by atoms with van der Waals surface area (Å²) in [6, 6.07) is 7.78. The van der Waals surface area contributed by atoms with Crippen LogP contribution in [0.15, 0.2) is 30.5 Å². The van der Waals surface area contributed by atoms with Crippen molar-refractivity contribution >= 4 is 17.6 Å². The molecular formula is C20H28N6O3. The van der Waals surface area contributed by atoms with Crippen LogP contribution in [-0.2, 0) is 17.7 Å². The highest BCUT2D eigenvalue weighted by Crippen LogP contribution is 2.21. The van der Waals surface area contributed by atoms with Crippen LogP contribution in [0.1, 0.15) is 35.8 Å². The number of anilines is 1. The molecule has 1 fully saturated rings. The molecule has 1 aromatic carbocycles. The van der Waals surface area contributed by atoms with Gasteiger partial charge in [0.15, 0.2) is 5.69 Å². The highest BCUT2D eigenvalue weighted by Gasteiger charge is 2.29. The van der Waals surface area contributed by atoms with Crippen molar-refractivity contribution in [2.24, 2.45) is 0 Å². The maximum atomic E-state index is 12.8. The van der Waals surface area contributed by atoms with Crippen molar-refractivity contribution in [1.29, 1.82) is 0 Å². The lowest BCUT2D eigenvalue weighted by Gasteiger charge is -2.25. The van der Waals surface area contributed by atoms with Crippen LogP contribution in [0.3, 0.4) is 0 Å². The third-order valence-corrected chi connectivity index (χ3v) is 4.99. The Bertz CT molecular complexity index is 837. The first-order chi connectivity index (χ1) is 14.1. The summed E-state index contributed by atoms with van der Waals surface area (Å²) in [4.78, 5) is 26.6. The van der Waals surface area contributed by atoms with E-state index < -0.39 is 0 Å². The number of methoxy groups -OCH3 is 1. The summed E-state index contributed by atoms with van der Waals surface area (Å²) in [6.07, 6.45) is 4.36. The quantitative estimate of drug-likeness (QED) is 0.659. The molecule has 0 saturated carbocycles. The van der Waals surface area contributed by atoms with Gasteiger partial charge in [0, 0.05) is 25.9 Å². The molecule has 3 amide bonds. The number of benzene rings is 1. The second-order valence-electron chi connectivity index (χ2n) is 7.05. The van der Waals surface area contributed by atoms with E-state index in [1.165, 1.54) is 5.56 Å². The van der Waals surface area contributed by atoms with Crippen LogP contribution < -0.4 is 10.6 Å². The first-order valence-corrected chi connectivity index (χ1v) is 9.94. The number of rotatable bonds is 8. The lowest BCUT2D eigenvalue weighted by atomic mass is 10.1. The zero-order chi connectivity index (χ0) is 20.6. The maximum Gasteiger partial charge on any atom is 0.322 e. The minimum absolute atomic E-state index is 0.00969. The molecule has 2 aromatic rings. The van der Waals surface area contributed by atoms with Gasteiger partial charge in [0.05, 0.1) is 25.4 Å². The van der Waals surface area contributed by atoms with Gasteiger partial charge in [-0.05, 0) is 37.0 Å². The van der Waals surface area contributed by atoms with Gasteiger partial charge in [-0.25, -0.2) is 9.48 Å². The number of urea groups is 1. The molecule has 0 unspecified atom stereocenters. The van der Waals surface area contributed by atoms with E-state index in [-0.39, 0.29) is 23.7 Å². The summed E-state index contributed by atoms with van der Waals surface area (Å²) in [6.45, 7) is 4.14. The van der Waals surface area contributed by atoms with Crippen molar-refractivity contribution < 1.29 is 14.3 Å². The molecule has 1 atom stereocenters. The topological polar surface area (TPSA) is 101 Å². The maximum absolute atomic E-state index is 12.8. The first-order valence-electron chi connectivity index (χ1n) is 9.94. The van der Waals surface area contributed by atoms with Crippen LogP contribution in [0, 0.1) is 0 Å². The van der Waals surface area contributed by atoms with Gasteiger partial charge in [-0.15, -0.1) is 5.10 Å². The summed E-state index contributed by atoms with van der Waals surface area (Å²) in [5.41, 5.74) is 2.24. The monoisotopic (exact) mass is 400 g/mol. The Labute approximate surface area is 170 Å². The van der Waals surface area contributed by atoms with E-state index in [4.69, 9.17) is 4.74 Å². The van der Waals surface area contributed by atoms with Crippen LogP contribution in [-0.4, -0.2) is 64.7 Å². The number of hydrogen-bond donors (Lipinski definition) is 2. The van der Waals surface area contributed by atoms with Crippen molar-refractivity contribution in [3.63, 3.8) is 0 Å². The number of ether oxygens (including phenoxy) is 1. The van der Waals surface area contributed by atoms with E-state index >= 15 is 0 Å². The average molecular weight is 400 g/mol. The fraction of sp³-hybridized carbons (Fsp3) is 0.500. The van der Waals surface area contributed by atoms with Gasteiger partial charge in [0.25, 0.3) is 5.91 Å². The van der Waals surface area contributed by atoms with Gasteiger partial charge in [-0.2, -0.15) is 0 Å². The highest BCUT2D eigenvalue weighted by atomic mass is 16.5. The van der Waals surface area contributed by atoms with Crippen LogP contribution in [0.4, 0.5) is 10.5 Å². The van der Waals surface area contributed by atoms with Crippen molar-refractivity contribution in [1.82, 2.24) is 25.2 Å². The van der Waals surface area contributed by atoms with Gasteiger partial charge in [0.1, 0.15) is 0 Å². The Kier molecular flexibility index (Phi) is 7.18. The van der Waals surface area contributed by atoms with E-state index in [1.54, 1.807) is 18.0 Å². The van der Waals surface area contributed by atoms with Crippen LogP contribution in [0.25, 0.3) is 0 Å². The molecule has 1 aliphatic heterocycles. The molecule has 1 aromatic heterocycles. The van der Waals surface area contributed by atoms with E-state index in [2.05, 4.69) is 27.9 Å². The third-order valence-electron chi connectivity index (χ3n) is 4.99. The molecule has 29 heavy (non-hydrogen) atoms. The molecule has 0 radical (unpaired) electrons. The fourth-order valence-corrected chi connectivity index (χ4v) is 3.42. The molecule has 156 valence electrons. The van der Waals surface area contributed by atoms with Crippen LogP contribution in [0.2, 0.25) is 0 Å². The number of aromatic nitrogens is 3. The largest absolute Gasteiger partial charge is 0.383 e. The third kappa shape index (κ3) is 5.54. The fourth-order valence-electron chi connectivity index (χ4n) is 3.42. The summed E-state index contributed by atoms with van der Waals surface area (Å²) in [5.74, 6) is -0.287. The minimum Gasteiger partial charge on any atom is -0.383 e. The van der Waals surface area contributed by atoms with E-state index in [1.807, 2.05) is 29.2 Å². The number of aryl methyl sites for hydroxylation is 1. The molecule has 9 heteroatoms. The van der Waals surface area contributed by atoms with Crippen molar-refractivity contribution in [3.05, 3.63) is 41.7 Å². The molecule has 2 N–H and O–H groups in total. The number of amides is 3. The highest BCUT2D eigenvalue weighted by molar-refractivity contribution is 5.91. The Hall–Kier alpha value is -2.94. The van der Waals surface area contributed by atoms with Crippen molar-refractivity contribution in [2.75, 3.05) is 32.1 Å². The van der Waals surface area contributed by atoms with E-state index in [0.29, 0.717) is 26.2 Å². The molecule has 1 aliphatic rings. The molecule has 0 bridgehead atoms. The Balaban J connectivity index is 1.58. The molecule has 3 rings (SSSR count). The van der Waals surface area contributed by atoms with Gasteiger partial charge in [-0.1, -0.05) is 24.3 Å². The van der Waals surface area contributed by atoms with Crippen LogP contribution >= 0.6 is 0 Å². The molecule has 0 spiro atoms. The minimum atomic E-state index is -0.287. The Morgan fingerprint density at radius 3 is 3.00 bits per heavy atom. The number of carbonyl (C=O) groups is 2. The van der Waals surface area contributed by atoms with Crippen molar-refractivity contribution in [2.45, 2.75) is 38.8 Å². The smallest absolute Gasteiger partial charge is 0.322 e. The first kappa shape index (κ1) is 20.8. The lowest BCUT2D eigenvalue weighted by Crippen LogP contribution is -2.40. The number of nitrogens with one attached hydrogen (secondary N) is 2. The van der Waals surface area contributed by atoms with Crippen LogP contribution in [0.5, 0.6) is 0 Å². The average Bonchev–Trinajstić information content (AvgIpc) is 3.38. The predicted molar refractivity (Wildman–Crippen MR) is 109 cm³/mol. The lowest BCUT2D eigenvalue weighted by molar-refractivity contribution is 0.0932. The summed E-state index contributed by atoms with van der Waals surface area (Å²) < 4.78 is 6.54. The Morgan fingerprint density at radius 2 is 2.21 bits per heavy atom. The Morgan fingerprint density at radius 1 is 1.34 bits per heavy atom. The van der Waals surface area contributed by atoms with Gasteiger partial charge in [-0.3, -0.25) is 4.79 Å². The molecule has 1 saturated heterocycles. The summed E-state index contributed by atoms with van der Waals surface area (Å²) in [5, 5.41) is 13.7. The van der Waals surface area contributed by atoms with Crippen molar-refractivity contribution in [3.8, 4) is 0 Å². The van der Waals surface area contributed by atoms with Gasteiger partial charge in [0.2, 0.25) is 0 Å². The molecular weight excluding hydrogens is 372 g/mol. The molecule has 9 nitrogen and oxygen atoms in total. The number of likely N-dealkylation sites (tertiary alicyclic amines) is 1. The zero-order valence-corrected chi connectivity index (χ0v) is 16.9. The normalized spacial score (nSPS) is 16.1. The van der Waals surface area contributed by atoms with E-state index in [0.717, 1.165) is 24.9 Å². The molecule has 0 aliphatic carbocycles. The zero-order valence-electron chi connectivity index (χ0n) is 16.9. The molecule has 2 heterocycles. The number of hydrogen-bond acceptors (Lipinski definition) is 5. The second-order valence-corrected chi connectivity index (χ2v) is 7.05. The predicted octanol–water partition coefficient (Wildman–Crippen LogP) is 1.91. The SMILES string of the molecule is CCc1cccc(NC(=O)N2CCC[C@H]2Cn2cc(C(=O)NCCOC)nn2)c1. The standard InChI is InChI=1S/C20H28N6O3/c1-3-15-6-4-7-16(12-15)22-20(28)26-10-5-8-17(26)13-25-14-18(23-24-25)19(27)21-9-11-29-2/h4,6-7,12,14,17H,3,5,8-11,13H2,1-2H3,(H,21,27)(H,22,28)/t17-/m0/s1. The van der Waals surface area contributed by atoms with Gasteiger partial charge < -0.3 is 20.3 Å². The summed E-state index contributed by atoms with van der Waals surface area (Å²) in [7, 11) is 1.58. The summed E-state index contributed by atoms with van der Waals surface area (Å²) >= 11 is 0. The second kappa shape index (κ2) is 10.0.